The fourth-order valence-corrected chi connectivity index (χ4v) is 1.89. The highest BCUT2D eigenvalue weighted by atomic mass is 19.1. The van der Waals surface area contributed by atoms with Gasteiger partial charge in [-0.15, -0.1) is 6.42 Å². The van der Waals surface area contributed by atoms with Gasteiger partial charge in [0.25, 0.3) is 0 Å². The van der Waals surface area contributed by atoms with Gasteiger partial charge in [0.05, 0.1) is 6.07 Å². The van der Waals surface area contributed by atoms with E-state index < -0.39 is 16.8 Å². The van der Waals surface area contributed by atoms with E-state index in [1.807, 2.05) is 6.07 Å². The van der Waals surface area contributed by atoms with Gasteiger partial charge >= 0.3 is 0 Å². The highest BCUT2D eigenvalue weighted by Gasteiger charge is 2.60. The summed E-state index contributed by atoms with van der Waals surface area (Å²) in [6.07, 6.45) is 6.40. The first kappa shape index (κ1) is 10.7. The van der Waals surface area contributed by atoms with Crippen LogP contribution in [0.25, 0.3) is 0 Å². The zero-order chi connectivity index (χ0) is 11.8. The standard InChI is InChI=1S/C13H10FNO/c1-2-13(16,12(9-15)6-7-12)10-4-3-5-11(14)8-10/h1,3-5,8,16H,6-7H2/t13-/m1/s1. The quantitative estimate of drug-likeness (QED) is 0.766. The first-order valence-electron chi connectivity index (χ1n) is 4.95. The zero-order valence-corrected chi connectivity index (χ0v) is 8.57. The molecule has 1 atom stereocenters. The van der Waals surface area contributed by atoms with Gasteiger partial charge in [-0.2, -0.15) is 5.26 Å². The lowest BCUT2D eigenvalue weighted by Gasteiger charge is -2.27. The number of nitriles is 1. The first-order chi connectivity index (χ1) is 7.58. The van der Waals surface area contributed by atoms with Crippen molar-refractivity contribution in [2.75, 3.05) is 0 Å². The van der Waals surface area contributed by atoms with Crippen molar-refractivity contribution in [1.82, 2.24) is 0 Å². The van der Waals surface area contributed by atoms with Crippen LogP contribution in [0.2, 0.25) is 0 Å². The topological polar surface area (TPSA) is 44.0 Å². The van der Waals surface area contributed by atoms with Gasteiger partial charge in [-0.1, -0.05) is 18.1 Å². The van der Waals surface area contributed by atoms with E-state index in [9.17, 15) is 9.50 Å². The molecular formula is C13H10FNO. The lowest BCUT2D eigenvalue weighted by molar-refractivity contribution is 0.0455. The molecule has 1 aliphatic rings. The molecule has 0 spiro atoms. The Labute approximate surface area is 93.3 Å². The molecule has 0 saturated heterocycles. The molecule has 0 heterocycles. The summed E-state index contributed by atoms with van der Waals surface area (Å²) in [4.78, 5) is 0. The summed E-state index contributed by atoms with van der Waals surface area (Å²) >= 11 is 0. The van der Waals surface area contributed by atoms with Crippen LogP contribution in [0.15, 0.2) is 24.3 Å². The molecule has 0 radical (unpaired) electrons. The van der Waals surface area contributed by atoms with Crippen LogP contribution in [0.1, 0.15) is 18.4 Å². The summed E-state index contributed by atoms with van der Waals surface area (Å²) in [5.41, 5.74) is -2.37. The second-order valence-electron chi connectivity index (χ2n) is 4.06. The molecule has 2 rings (SSSR count). The van der Waals surface area contributed by atoms with Crippen LogP contribution in [0.4, 0.5) is 4.39 Å². The molecular weight excluding hydrogens is 205 g/mol. The summed E-state index contributed by atoms with van der Waals surface area (Å²) in [5.74, 6) is 1.77. The molecule has 0 aromatic heterocycles. The van der Waals surface area contributed by atoms with Gasteiger partial charge in [0.15, 0.2) is 5.60 Å². The van der Waals surface area contributed by atoms with E-state index in [-0.39, 0.29) is 5.56 Å². The average molecular weight is 215 g/mol. The molecule has 1 aromatic rings. The Bertz CT molecular complexity index is 507. The van der Waals surface area contributed by atoms with Gasteiger partial charge in [0.1, 0.15) is 11.2 Å². The minimum absolute atomic E-state index is 0.272. The zero-order valence-electron chi connectivity index (χ0n) is 8.57. The van der Waals surface area contributed by atoms with Crippen molar-refractivity contribution in [3.05, 3.63) is 35.6 Å². The molecule has 1 N–H and O–H groups in total. The predicted octanol–water partition coefficient (Wildman–Crippen LogP) is 1.95. The Morgan fingerprint density at radius 3 is 2.62 bits per heavy atom. The summed E-state index contributed by atoms with van der Waals surface area (Å²) in [5, 5.41) is 19.4. The predicted molar refractivity (Wildman–Crippen MR) is 56.4 cm³/mol. The van der Waals surface area contributed by atoms with Crippen LogP contribution in [-0.4, -0.2) is 5.11 Å². The van der Waals surface area contributed by atoms with Crippen LogP contribution in [0.3, 0.4) is 0 Å². The minimum atomic E-state index is -1.69. The number of hydrogen-bond donors (Lipinski definition) is 1. The Morgan fingerprint density at radius 2 is 2.19 bits per heavy atom. The number of aliphatic hydroxyl groups is 1. The second-order valence-corrected chi connectivity index (χ2v) is 4.06. The van der Waals surface area contributed by atoms with Gasteiger partial charge in [-0.3, -0.25) is 0 Å². The van der Waals surface area contributed by atoms with Crippen LogP contribution >= 0.6 is 0 Å². The minimum Gasteiger partial charge on any atom is -0.372 e. The van der Waals surface area contributed by atoms with Crippen molar-refractivity contribution in [2.24, 2.45) is 5.41 Å². The molecule has 1 aromatic carbocycles. The van der Waals surface area contributed by atoms with E-state index in [1.165, 1.54) is 18.2 Å². The normalized spacial score (nSPS) is 20.2. The van der Waals surface area contributed by atoms with E-state index in [4.69, 9.17) is 11.7 Å². The molecule has 80 valence electrons. The van der Waals surface area contributed by atoms with E-state index in [1.54, 1.807) is 6.07 Å². The third-order valence-electron chi connectivity index (χ3n) is 3.11. The summed E-state index contributed by atoms with van der Waals surface area (Å²) < 4.78 is 13.1. The van der Waals surface area contributed by atoms with Crippen molar-refractivity contribution in [3.8, 4) is 18.4 Å². The second kappa shape index (κ2) is 3.33. The third-order valence-corrected chi connectivity index (χ3v) is 3.11. The maximum atomic E-state index is 13.1. The van der Waals surface area contributed by atoms with Crippen molar-refractivity contribution in [2.45, 2.75) is 18.4 Å². The van der Waals surface area contributed by atoms with E-state index in [0.717, 1.165) is 0 Å². The Morgan fingerprint density at radius 1 is 1.50 bits per heavy atom. The Kier molecular flexibility index (Phi) is 2.22. The van der Waals surface area contributed by atoms with Crippen molar-refractivity contribution in [1.29, 1.82) is 5.26 Å². The van der Waals surface area contributed by atoms with Gasteiger partial charge in [-0.05, 0) is 25.0 Å². The monoisotopic (exact) mass is 215 g/mol. The summed E-state index contributed by atoms with van der Waals surface area (Å²) in [6, 6.07) is 7.51. The molecule has 0 amide bonds. The van der Waals surface area contributed by atoms with Crippen LogP contribution in [0.5, 0.6) is 0 Å². The molecule has 3 heteroatoms. The lowest BCUT2D eigenvalue weighted by Crippen LogP contribution is -2.34. The fraction of sp³-hybridized carbons (Fsp3) is 0.308. The van der Waals surface area contributed by atoms with E-state index in [0.29, 0.717) is 12.8 Å². The highest BCUT2D eigenvalue weighted by Crippen LogP contribution is 2.57. The van der Waals surface area contributed by atoms with Gasteiger partial charge in [0, 0.05) is 5.56 Å². The Hall–Kier alpha value is -1.84. The number of hydrogen-bond acceptors (Lipinski definition) is 2. The average Bonchev–Trinajstić information content (AvgIpc) is 3.09. The number of terminal acetylenes is 1. The number of rotatable bonds is 2. The van der Waals surface area contributed by atoms with E-state index >= 15 is 0 Å². The summed E-state index contributed by atoms with van der Waals surface area (Å²) in [7, 11) is 0. The van der Waals surface area contributed by atoms with Gasteiger partial charge in [-0.25, -0.2) is 4.39 Å². The molecule has 16 heavy (non-hydrogen) atoms. The smallest absolute Gasteiger partial charge is 0.169 e. The molecule has 0 unspecified atom stereocenters. The molecule has 2 nitrogen and oxygen atoms in total. The largest absolute Gasteiger partial charge is 0.372 e. The first-order valence-corrected chi connectivity index (χ1v) is 4.95. The Balaban J connectivity index is 2.53. The fourth-order valence-electron chi connectivity index (χ4n) is 1.89. The number of nitrogens with zero attached hydrogens (tertiary/aromatic N) is 1. The molecule has 0 bridgehead atoms. The number of benzene rings is 1. The van der Waals surface area contributed by atoms with Crippen LogP contribution in [-0.2, 0) is 5.60 Å². The molecule has 1 fully saturated rings. The van der Waals surface area contributed by atoms with Crippen LogP contribution < -0.4 is 0 Å². The SMILES string of the molecule is C#C[C@@](O)(c1cccc(F)c1)C1(C#N)CC1. The maximum absolute atomic E-state index is 13.1. The molecule has 1 aliphatic carbocycles. The molecule has 0 aliphatic heterocycles. The maximum Gasteiger partial charge on any atom is 0.169 e. The molecule has 1 saturated carbocycles. The van der Waals surface area contributed by atoms with Crippen molar-refractivity contribution >= 4 is 0 Å². The van der Waals surface area contributed by atoms with Crippen LogP contribution in [0, 0.1) is 34.9 Å². The highest BCUT2D eigenvalue weighted by molar-refractivity contribution is 5.40. The van der Waals surface area contributed by atoms with E-state index in [2.05, 4.69) is 5.92 Å². The van der Waals surface area contributed by atoms with Gasteiger partial charge < -0.3 is 5.11 Å². The van der Waals surface area contributed by atoms with Crippen molar-refractivity contribution < 1.29 is 9.50 Å². The number of halogens is 1. The van der Waals surface area contributed by atoms with Crippen molar-refractivity contribution in [3.63, 3.8) is 0 Å². The lowest BCUT2D eigenvalue weighted by atomic mass is 9.80. The van der Waals surface area contributed by atoms with Gasteiger partial charge in [0.2, 0.25) is 0 Å². The summed E-state index contributed by atoms with van der Waals surface area (Å²) in [6.45, 7) is 0. The third kappa shape index (κ3) is 1.30.